The zero-order valence-corrected chi connectivity index (χ0v) is 14.2. The maximum Gasteiger partial charge on any atom is 0.0599 e. The van der Waals surface area contributed by atoms with Crippen molar-refractivity contribution in [3.05, 3.63) is 24.0 Å². The van der Waals surface area contributed by atoms with Gasteiger partial charge in [-0.15, -0.1) is 0 Å². The quantitative estimate of drug-likeness (QED) is 0.923. The molecule has 0 radical (unpaired) electrons. The van der Waals surface area contributed by atoms with Gasteiger partial charge in [0.05, 0.1) is 11.9 Å². The molecule has 0 saturated carbocycles. The fourth-order valence-electron chi connectivity index (χ4n) is 2.89. The first-order chi connectivity index (χ1) is 9.90. The Labute approximate surface area is 129 Å². The van der Waals surface area contributed by atoms with Crippen molar-refractivity contribution in [2.45, 2.75) is 52.7 Å². The number of nitrogens with zero attached hydrogens (tertiary/aromatic N) is 3. The van der Waals surface area contributed by atoms with Gasteiger partial charge in [-0.25, -0.2) is 0 Å². The highest BCUT2D eigenvalue weighted by Crippen LogP contribution is 2.23. The molecule has 1 fully saturated rings. The highest BCUT2D eigenvalue weighted by atomic mass is 15.3. The van der Waals surface area contributed by atoms with Crippen LogP contribution in [-0.4, -0.2) is 47.6 Å². The standard InChI is InChI=1S/C17H30N4/c1-6-20-9-10-21(13-14(20)2)16-12-18-8-7-15(16)11-19-17(3,4)5/h7-8,12,14,19H,6,9-11,13H2,1-5H3. The molecule has 1 aliphatic rings. The highest BCUT2D eigenvalue weighted by Gasteiger charge is 2.24. The van der Waals surface area contributed by atoms with Crippen molar-refractivity contribution in [3.8, 4) is 0 Å². The minimum absolute atomic E-state index is 0.134. The summed E-state index contributed by atoms with van der Waals surface area (Å²) >= 11 is 0. The molecule has 2 heterocycles. The van der Waals surface area contributed by atoms with Crippen molar-refractivity contribution < 1.29 is 0 Å². The van der Waals surface area contributed by atoms with Gasteiger partial charge in [-0.3, -0.25) is 9.88 Å². The van der Waals surface area contributed by atoms with Crippen LogP contribution in [0.4, 0.5) is 5.69 Å². The first kappa shape index (κ1) is 16.2. The van der Waals surface area contributed by atoms with Crippen LogP contribution >= 0.6 is 0 Å². The molecule has 1 aromatic rings. The van der Waals surface area contributed by atoms with E-state index in [4.69, 9.17) is 0 Å². The predicted molar refractivity (Wildman–Crippen MR) is 89.8 cm³/mol. The van der Waals surface area contributed by atoms with E-state index in [1.54, 1.807) is 0 Å². The lowest BCUT2D eigenvalue weighted by atomic mass is 10.1. The van der Waals surface area contributed by atoms with Gasteiger partial charge in [0.15, 0.2) is 0 Å². The first-order valence-corrected chi connectivity index (χ1v) is 8.07. The van der Waals surface area contributed by atoms with E-state index >= 15 is 0 Å². The Morgan fingerprint density at radius 2 is 2.10 bits per heavy atom. The van der Waals surface area contributed by atoms with Crippen molar-refractivity contribution in [2.24, 2.45) is 0 Å². The van der Waals surface area contributed by atoms with Gasteiger partial charge in [-0.05, 0) is 45.9 Å². The summed E-state index contributed by atoms with van der Waals surface area (Å²) < 4.78 is 0. The lowest BCUT2D eigenvalue weighted by Crippen LogP contribution is -2.52. The molecule has 118 valence electrons. The molecule has 0 bridgehead atoms. The fourth-order valence-corrected chi connectivity index (χ4v) is 2.89. The summed E-state index contributed by atoms with van der Waals surface area (Å²) in [6.07, 6.45) is 3.92. The molecular weight excluding hydrogens is 260 g/mol. The smallest absolute Gasteiger partial charge is 0.0599 e. The average Bonchev–Trinajstić information content (AvgIpc) is 2.44. The number of hydrogen-bond acceptors (Lipinski definition) is 4. The van der Waals surface area contributed by atoms with Gasteiger partial charge in [-0.2, -0.15) is 0 Å². The average molecular weight is 290 g/mol. The SMILES string of the molecule is CCN1CCN(c2cnccc2CNC(C)(C)C)CC1C. The first-order valence-electron chi connectivity index (χ1n) is 8.07. The molecule has 2 rings (SSSR count). The minimum Gasteiger partial charge on any atom is -0.367 e. The van der Waals surface area contributed by atoms with E-state index in [0.29, 0.717) is 6.04 Å². The van der Waals surface area contributed by atoms with Gasteiger partial charge in [-0.1, -0.05) is 6.92 Å². The number of nitrogens with one attached hydrogen (secondary N) is 1. The molecule has 0 spiro atoms. The number of pyridine rings is 1. The number of hydrogen-bond donors (Lipinski definition) is 1. The molecule has 0 amide bonds. The molecule has 1 unspecified atom stereocenters. The highest BCUT2D eigenvalue weighted by molar-refractivity contribution is 5.52. The van der Waals surface area contributed by atoms with Gasteiger partial charge in [0, 0.05) is 44.0 Å². The summed E-state index contributed by atoms with van der Waals surface area (Å²) in [6, 6.07) is 2.75. The molecule has 0 aliphatic carbocycles. The summed E-state index contributed by atoms with van der Waals surface area (Å²) in [6.45, 7) is 16.5. The van der Waals surface area contributed by atoms with Gasteiger partial charge in [0.25, 0.3) is 0 Å². The van der Waals surface area contributed by atoms with Gasteiger partial charge in [0.2, 0.25) is 0 Å². The molecule has 4 heteroatoms. The van der Waals surface area contributed by atoms with E-state index in [0.717, 1.165) is 32.7 Å². The topological polar surface area (TPSA) is 31.4 Å². The van der Waals surface area contributed by atoms with E-state index in [1.807, 2.05) is 12.4 Å². The molecule has 1 aromatic heterocycles. The predicted octanol–water partition coefficient (Wildman–Crippen LogP) is 2.50. The molecule has 4 nitrogen and oxygen atoms in total. The van der Waals surface area contributed by atoms with Crippen LogP contribution in [0.25, 0.3) is 0 Å². The zero-order chi connectivity index (χ0) is 15.5. The van der Waals surface area contributed by atoms with Crippen LogP contribution in [0.15, 0.2) is 18.5 Å². The normalized spacial score (nSPS) is 20.8. The lowest BCUT2D eigenvalue weighted by Gasteiger charge is -2.41. The zero-order valence-electron chi connectivity index (χ0n) is 14.2. The number of rotatable bonds is 4. The number of anilines is 1. The molecule has 1 atom stereocenters. The van der Waals surface area contributed by atoms with Crippen LogP contribution < -0.4 is 10.2 Å². The van der Waals surface area contributed by atoms with Crippen molar-refractivity contribution >= 4 is 5.69 Å². The van der Waals surface area contributed by atoms with Gasteiger partial charge >= 0.3 is 0 Å². The monoisotopic (exact) mass is 290 g/mol. The van der Waals surface area contributed by atoms with Crippen molar-refractivity contribution in [3.63, 3.8) is 0 Å². The molecular formula is C17H30N4. The summed E-state index contributed by atoms with van der Waals surface area (Å²) in [5, 5.41) is 3.58. The Morgan fingerprint density at radius 1 is 1.33 bits per heavy atom. The third-order valence-corrected chi connectivity index (χ3v) is 4.21. The summed E-state index contributed by atoms with van der Waals surface area (Å²) in [7, 11) is 0. The number of piperazine rings is 1. The molecule has 1 N–H and O–H groups in total. The van der Waals surface area contributed by atoms with Crippen LogP contribution in [0.3, 0.4) is 0 Å². The maximum atomic E-state index is 4.35. The van der Waals surface area contributed by atoms with Crippen LogP contribution in [0.1, 0.15) is 40.2 Å². The number of likely N-dealkylation sites (N-methyl/N-ethyl adjacent to an activating group) is 1. The Morgan fingerprint density at radius 3 is 2.71 bits per heavy atom. The molecule has 1 saturated heterocycles. The van der Waals surface area contributed by atoms with Crippen LogP contribution in [0.2, 0.25) is 0 Å². The van der Waals surface area contributed by atoms with Crippen LogP contribution in [-0.2, 0) is 6.54 Å². The summed E-state index contributed by atoms with van der Waals surface area (Å²) in [5.41, 5.74) is 2.77. The van der Waals surface area contributed by atoms with Crippen LogP contribution in [0.5, 0.6) is 0 Å². The Balaban J connectivity index is 2.09. The minimum atomic E-state index is 0.134. The Kier molecular flexibility index (Phi) is 5.22. The van der Waals surface area contributed by atoms with Crippen molar-refractivity contribution in [1.82, 2.24) is 15.2 Å². The summed E-state index contributed by atoms with van der Waals surface area (Å²) in [5.74, 6) is 0. The third-order valence-electron chi connectivity index (χ3n) is 4.21. The van der Waals surface area contributed by atoms with E-state index in [1.165, 1.54) is 11.3 Å². The third kappa shape index (κ3) is 4.42. The fraction of sp³-hybridized carbons (Fsp3) is 0.706. The van der Waals surface area contributed by atoms with Gasteiger partial charge < -0.3 is 10.2 Å². The van der Waals surface area contributed by atoms with Crippen molar-refractivity contribution in [2.75, 3.05) is 31.1 Å². The molecule has 0 aromatic carbocycles. The summed E-state index contributed by atoms with van der Waals surface area (Å²) in [4.78, 5) is 9.38. The van der Waals surface area contributed by atoms with E-state index < -0.39 is 0 Å². The second-order valence-electron chi connectivity index (χ2n) is 7.03. The second kappa shape index (κ2) is 6.75. The number of aromatic nitrogens is 1. The van der Waals surface area contributed by atoms with Crippen molar-refractivity contribution in [1.29, 1.82) is 0 Å². The molecule has 1 aliphatic heterocycles. The molecule has 21 heavy (non-hydrogen) atoms. The lowest BCUT2D eigenvalue weighted by molar-refractivity contribution is 0.199. The van der Waals surface area contributed by atoms with E-state index in [-0.39, 0.29) is 5.54 Å². The van der Waals surface area contributed by atoms with E-state index in [2.05, 4.69) is 60.8 Å². The van der Waals surface area contributed by atoms with Crippen LogP contribution in [0, 0.1) is 0 Å². The van der Waals surface area contributed by atoms with E-state index in [9.17, 15) is 0 Å². The largest absolute Gasteiger partial charge is 0.367 e. The Hall–Kier alpha value is -1.13. The second-order valence-corrected chi connectivity index (χ2v) is 7.03. The maximum absolute atomic E-state index is 4.35. The Bertz CT molecular complexity index is 452. The van der Waals surface area contributed by atoms with Gasteiger partial charge in [0.1, 0.15) is 0 Å².